The van der Waals surface area contributed by atoms with E-state index < -0.39 is 0 Å². The normalized spacial score (nSPS) is 21.0. The van der Waals surface area contributed by atoms with Crippen molar-refractivity contribution in [1.82, 2.24) is 20.1 Å². The van der Waals surface area contributed by atoms with Gasteiger partial charge in [0, 0.05) is 25.3 Å². The van der Waals surface area contributed by atoms with Crippen LogP contribution in [0.15, 0.2) is 12.4 Å². The van der Waals surface area contributed by atoms with Crippen molar-refractivity contribution in [2.45, 2.75) is 58.2 Å². The minimum absolute atomic E-state index is 0.144. The van der Waals surface area contributed by atoms with Crippen LogP contribution in [0.3, 0.4) is 0 Å². The number of aromatic nitrogens is 3. The maximum absolute atomic E-state index is 12.4. The fourth-order valence-electron chi connectivity index (χ4n) is 3.34. The Morgan fingerprint density at radius 1 is 1.38 bits per heavy atom. The molecule has 2 aromatic rings. The maximum atomic E-state index is 12.4. The first kappa shape index (κ1) is 16.7. The summed E-state index contributed by atoms with van der Waals surface area (Å²) in [7, 11) is 0. The molecule has 0 radical (unpaired) electrons. The third kappa shape index (κ3) is 3.21. The molecule has 130 valence electrons. The zero-order valence-electron chi connectivity index (χ0n) is 14.2. The molecule has 1 saturated carbocycles. The number of rotatable bonds is 5. The highest BCUT2D eigenvalue weighted by molar-refractivity contribution is 6.06. The first-order valence-corrected chi connectivity index (χ1v) is 8.71. The summed E-state index contributed by atoms with van der Waals surface area (Å²) in [5.74, 6) is -0.144. The van der Waals surface area contributed by atoms with E-state index in [0.717, 1.165) is 42.5 Å². The number of carbonyl (C=O) groups excluding carboxylic acids is 1. The number of carbonyl (C=O) groups is 1. The molecule has 0 spiro atoms. The highest BCUT2D eigenvalue weighted by Gasteiger charge is 2.24. The lowest BCUT2D eigenvalue weighted by Crippen LogP contribution is -2.31. The van der Waals surface area contributed by atoms with E-state index in [1.54, 1.807) is 12.4 Å². The molecule has 1 aliphatic rings. The molecule has 24 heavy (non-hydrogen) atoms. The Labute approximate surface area is 141 Å². The molecule has 1 amide bonds. The lowest BCUT2D eigenvalue weighted by Gasteiger charge is -2.28. The molecule has 2 atom stereocenters. The van der Waals surface area contributed by atoms with E-state index in [2.05, 4.69) is 20.7 Å². The second kappa shape index (κ2) is 7.17. The van der Waals surface area contributed by atoms with Gasteiger partial charge < -0.3 is 15.7 Å². The summed E-state index contributed by atoms with van der Waals surface area (Å²) in [6.45, 7) is 5.19. The summed E-state index contributed by atoms with van der Waals surface area (Å²) in [5.41, 5.74) is 2.06. The number of hydrogen-bond donors (Lipinski definition) is 3. The van der Waals surface area contributed by atoms with E-state index in [1.165, 1.54) is 0 Å². The lowest BCUT2D eigenvalue weighted by molar-refractivity contribution is 0.0956. The van der Waals surface area contributed by atoms with Gasteiger partial charge in [-0.1, -0.05) is 0 Å². The van der Waals surface area contributed by atoms with Crippen molar-refractivity contribution >= 4 is 22.6 Å². The first-order chi connectivity index (χ1) is 11.6. The second-order valence-corrected chi connectivity index (χ2v) is 6.27. The molecule has 2 heterocycles. The number of anilines is 1. The molecule has 0 unspecified atom stereocenters. The van der Waals surface area contributed by atoms with Crippen LogP contribution in [0.5, 0.6) is 0 Å². The van der Waals surface area contributed by atoms with Gasteiger partial charge in [0.15, 0.2) is 5.65 Å². The van der Waals surface area contributed by atoms with Crippen LogP contribution in [-0.4, -0.2) is 44.5 Å². The molecule has 0 saturated heterocycles. The summed E-state index contributed by atoms with van der Waals surface area (Å²) in [5, 5.41) is 21.5. The van der Waals surface area contributed by atoms with Gasteiger partial charge in [0.1, 0.15) is 0 Å². The van der Waals surface area contributed by atoms with Gasteiger partial charge in [0.05, 0.1) is 28.9 Å². The van der Waals surface area contributed by atoms with Crippen molar-refractivity contribution in [3.63, 3.8) is 0 Å². The first-order valence-electron chi connectivity index (χ1n) is 8.71. The molecule has 0 aromatic carbocycles. The third-order valence-corrected chi connectivity index (χ3v) is 4.54. The number of nitrogens with zero attached hydrogens (tertiary/aromatic N) is 3. The highest BCUT2D eigenvalue weighted by atomic mass is 16.3. The molecule has 3 rings (SSSR count). The number of amides is 1. The smallest absolute Gasteiger partial charge is 0.254 e. The number of hydrogen-bond acceptors (Lipinski definition) is 5. The summed E-state index contributed by atoms with van der Waals surface area (Å²) < 4.78 is 1.82. The van der Waals surface area contributed by atoms with E-state index >= 15 is 0 Å². The van der Waals surface area contributed by atoms with Crippen molar-refractivity contribution in [3.05, 3.63) is 18.0 Å². The SMILES string of the molecule is CCNC(=O)c1cnc2c(cnn2CC)c1N[C@@H]1CCC[C@H](O)C1. The topological polar surface area (TPSA) is 92.1 Å². The maximum Gasteiger partial charge on any atom is 0.254 e. The van der Waals surface area contributed by atoms with E-state index in [1.807, 2.05) is 18.5 Å². The summed E-state index contributed by atoms with van der Waals surface area (Å²) in [4.78, 5) is 16.9. The third-order valence-electron chi connectivity index (χ3n) is 4.54. The molecular weight excluding hydrogens is 306 g/mol. The largest absolute Gasteiger partial charge is 0.393 e. The Bertz CT molecular complexity index is 727. The number of fused-ring (bicyclic) bond motifs is 1. The quantitative estimate of drug-likeness (QED) is 0.778. The fourth-order valence-corrected chi connectivity index (χ4v) is 3.34. The number of pyridine rings is 1. The molecular formula is C17H25N5O2. The van der Waals surface area contributed by atoms with Gasteiger partial charge in [-0.15, -0.1) is 0 Å². The van der Waals surface area contributed by atoms with Gasteiger partial charge in [-0.2, -0.15) is 5.10 Å². The monoisotopic (exact) mass is 331 g/mol. The zero-order valence-corrected chi connectivity index (χ0v) is 14.2. The number of aryl methyl sites for hydroxylation is 1. The van der Waals surface area contributed by atoms with E-state index in [-0.39, 0.29) is 18.1 Å². The molecule has 3 N–H and O–H groups in total. The fraction of sp³-hybridized carbons (Fsp3) is 0.588. The standard InChI is InChI=1S/C17H25N5O2/c1-3-18-17(24)14-9-19-16-13(10-20-22(16)4-2)15(14)21-11-6-5-7-12(23)8-11/h9-12,23H,3-8H2,1-2H3,(H,18,24)(H,19,21)/t11-,12+/m1/s1. The summed E-state index contributed by atoms with van der Waals surface area (Å²) in [6, 6.07) is 0.150. The van der Waals surface area contributed by atoms with Crippen LogP contribution >= 0.6 is 0 Å². The lowest BCUT2D eigenvalue weighted by atomic mass is 9.92. The molecule has 0 bridgehead atoms. The van der Waals surface area contributed by atoms with Gasteiger partial charge in [0.2, 0.25) is 0 Å². The molecule has 7 nitrogen and oxygen atoms in total. The Morgan fingerprint density at radius 2 is 2.21 bits per heavy atom. The van der Waals surface area contributed by atoms with Gasteiger partial charge >= 0.3 is 0 Å². The van der Waals surface area contributed by atoms with Crippen LogP contribution in [0.2, 0.25) is 0 Å². The van der Waals surface area contributed by atoms with Crippen molar-refractivity contribution in [3.8, 4) is 0 Å². The average Bonchev–Trinajstić information content (AvgIpc) is 2.99. The van der Waals surface area contributed by atoms with Gasteiger partial charge in [-0.05, 0) is 39.5 Å². The van der Waals surface area contributed by atoms with Crippen LogP contribution < -0.4 is 10.6 Å². The number of aliphatic hydroxyl groups is 1. The molecule has 1 aliphatic carbocycles. The summed E-state index contributed by atoms with van der Waals surface area (Å²) in [6.07, 6.45) is 6.61. The predicted molar refractivity (Wildman–Crippen MR) is 93.1 cm³/mol. The molecule has 0 aliphatic heterocycles. The second-order valence-electron chi connectivity index (χ2n) is 6.27. The number of aliphatic hydroxyl groups excluding tert-OH is 1. The van der Waals surface area contributed by atoms with Crippen LogP contribution in [0.1, 0.15) is 49.9 Å². The van der Waals surface area contributed by atoms with E-state index in [9.17, 15) is 9.90 Å². The van der Waals surface area contributed by atoms with Crippen molar-refractivity contribution in [2.75, 3.05) is 11.9 Å². The van der Waals surface area contributed by atoms with Crippen LogP contribution in [0.4, 0.5) is 5.69 Å². The van der Waals surface area contributed by atoms with E-state index in [0.29, 0.717) is 18.5 Å². The Hall–Kier alpha value is -2.15. The average molecular weight is 331 g/mol. The van der Waals surface area contributed by atoms with Crippen molar-refractivity contribution < 1.29 is 9.90 Å². The number of nitrogens with one attached hydrogen (secondary N) is 2. The van der Waals surface area contributed by atoms with Gasteiger partial charge in [0.25, 0.3) is 5.91 Å². The summed E-state index contributed by atoms with van der Waals surface area (Å²) >= 11 is 0. The van der Waals surface area contributed by atoms with E-state index in [4.69, 9.17) is 0 Å². The Balaban J connectivity index is 2.01. The molecule has 2 aromatic heterocycles. The van der Waals surface area contributed by atoms with Crippen LogP contribution in [-0.2, 0) is 6.54 Å². The minimum atomic E-state index is -0.278. The predicted octanol–water partition coefficient (Wildman–Crippen LogP) is 1.92. The highest BCUT2D eigenvalue weighted by Crippen LogP contribution is 2.30. The minimum Gasteiger partial charge on any atom is -0.393 e. The van der Waals surface area contributed by atoms with Crippen molar-refractivity contribution in [1.29, 1.82) is 0 Å². The Kier molecular flexibility index (Phi) is 4.99. The molecule has 1 fully saturated rings. The molecule has 7 heteroatoms. The zero-order chi connectivity index (χ0) is 17.1. The Morgan fingerprint density at radius 3 is 2.92 bits per heavy atom. The van der Waals surface area contributed by atoms with Gasteiger partial charge in [-0.25, -0.2) is 9.67 Å². The van der Waals surface area contributed by atoms with Crippen LogP contribution in [0, 0.1) is 0 Å². The van der Waals surface area contributed by atoms with Gasteiger partial charge in [-0.3, -0.25) is 4.79 Å². The van der Waals surface area contributed by atoms with Crippen LogP contribution in [0.25, 0.3) is 11.0 Å². The van der Waals surface area contributed by atoms with Crippen molar-refractivity contribution in [2.24, 2.45) is 0 Å².